The van der Waals surface area contributed by atoms with E-state index in [2.05, 4.69) is 28.1 Å². The van der Waals surface area contributed by atoms with Gasteiger partial charge in [0.05, 0.1) is 5.92 Å². The fourth-order valence-corrected chi connectivity index (χ4v) is 3.36. The monoisotopic (exact) mass is 330 g/mol. The van der Waals surface area contributed by atoms with Crippen molar-refractivity contribution in [3.63, 3.8) is 0 Å². The van der Waals surface area contributed by atoms with Crippen LogP contribution in [-0.4, -0.2) is 11.1 Å². The summed E-state index contributed by atoms with van der Waals surface area (Å²) in [5.74, 6) is -0.579. The van der Waals surface area contributed by atoms with Crippen molar-refractivity contribution in [3.05, 3.63) is 70.2 Å². The molecule has 0 radical (unpaired) electrons. The molecular formula is C17H15BrO2. The molecule has 0 heterocycles. The molecule has 2 aromatic rings. The lowest BCUT2D eigenvalue weighted by molar-refractivity contribution is -0.139. The molecular weight excluding hydrogens is 316 g/mol. The van der Waals surface area contributed by atoms with E-state index in [1.54, 1.807) is 0 Å². The maximum atomic E-state index is 11.7. The molecule has 2 nitrogen and oxygen atoms in total. The van der Waals surface area contributed by atoms with Crippen molar-refractivity contribution >= 4 is 21.9 Å². The predicted molar refractivity (Wildman–Crippen MR) is 81.8 cm³/mol. The van der Waals surface area contributed by atoms with Crippen molar-refractivity contribution in [2.24, 2.45) is 5.92 Å². The molecule has 3 heteroatoms. The molecule has 0 saturated heterocycles. The van der Waals surface area contributed by atoms with Crippen LogP contribution in [0.2, 0.25) is 0 Å². The lowest BCUT2D eigenvalue weighted by Gasteiger charge is -2.13. The minimum atomic E-state index is -0.730. The molecule has 3 rings (SSSR count). The van der Waals surface area contributed by atoms with Crippen molar-refractivity contribution in [1.82, 2.24) is 0 Å². The van der Waals surface area contributed by atoms with Crippen LogP contribution < -0.4 is 0 Å². The zero-order valence-corrected chi connectivity index (χ0v) is 12.5. The van der Waals surface area contributed by atoms with Crippen LogP contribution in [0.15, 0.2) is 59.1 Å². The molecule has 3 atom stereocenters. The van der Waals surface area contributed by atoms with E-state index < -0.39 is 11.9 Å². The van der Waals surface area contributed by atoms with Gasteiger partial charge >= 0.3 is 5.97 Å². The minimum Gasteiger partial charge on any atom is -0.481 e. The van der Waals surface area contributed by atoms with Gasteiger partial charge in [0.1, 0.15) is 0 Å². The third-order valence-electron chi connectivity index (χ3n) is 3.97. The zero-order chi connectivity index (χ0) is 14.1. The van der Waals surface area contributed by atoms with Crippen LogP contribution in [-0.2, 0) is 4.79 Å². The number of halogens is 1. The molecule has 1 N–H and O–H groups in total. The number of benzene rings is 2. The largest absolute Gasteiger partial charge is 0.481 e. The van der Waals surface area contributed by atoms with Crippen LogP contribution in [0.5, 0.6) is 0 Å². The number of rotatable bonds is 4. The van der Waals surface area contributed by atoms with Gasteiger partial charge in [-0.3, -0.25) is 4.79 Å². The van der Waals surface area contributed by atoms with Crippen LogP contribution in [0, 0.1) is 5.92 Å². The Morgan fingerprint density at radius 1 is 1.15 bits per heavy atom. The number of carboxylic acid groups (broad SMARTS) is 1. The standard InChI is InChI=1S/C17H15BrO2/c18-13-8-4-7-12(9-13)16(17(19)20)15-10-14(15)11-5-2-1-3-6-11/h1-9,14-16H,10H2,(H,19,20). The average molecular weight is 331 g/mol. The molecule has 0 amide bonds. The summed E-state index contributed by atoms with van der Waals surface area (Å²) in [6, 6.07) is 17.8. The maximum Gasteiger partial charge on any atom is 0.311 e. The first kappa shape index (κ1) is 13.4. The molecule has 1 aliphatic rings. The van der Waals surface area contributed by atoms with Gasteiger partial charge in [-0.05, 0) is 41.5 Å². The third kappa shape index (κ3) is 2.63. The molecule has 1 aliphatic carbocycles. The molecule has 2 aromatic carbocycles. The predicted octanol–water partition coefficient (Wildman–Crippen LogP) is 4.42. The van der Waals surface area contributed by atoms with E-state index in [1.807, 2.05) is 42.5 Å². The number of hydrogen-bond acceptors (Lipinski definition) is 1. The fraction of sp³-hybridized carbons (Fsp3) is 0.235. The molecule has 1 fully saturated rings. The van der Waals surface area contributed by atoms with Crippen molar-refractivity contribution in [2.75, 3.05) is 0 Å². The first-order valence-electron chi connectivity index (χ1n) is 6.70. The molecule has 1 saturated carbocycles. The van der Waals surface area contributed by atoms with Gasteiger partial charge in [-0.25, -0.2) is 0 Å². The SMILES string of the molecule is O=C(O)C(c1cccc(Br)c1)C1CC1c1ccccc1. The lowest BCUT2D eigenvalue weighted by Crippen LogP contribution is -2.14. The second-order valence-electron chi connectivity index (χ2n) is 5.29. The van der Waals surface area contributed by atoms with Gasteiger partial charge in [-0.15, -0.1) is 0 Å². The van der Waals surface area contributed by atoms with E-state index in [9.17, 15) is 9.90 Å². The van der Waals surface area contributed by atoms with Gasteiger partial charge < -0.3 is 5.11 Å². The van der Waals surface area contributed by atoms with Crippen LogP contribution >= 0.6 is 15.9 Å². The summed E-state index contributed by atoms with van der Waals surface area (Å²) in [6.45, 7) is 0. The van der Waals surface area contributed by atoms with Crippen molar-refractivity contribution in [3.8, 4) is 0 Å². The summed E-state index contributed by atoms with van der Waals surface area (Å²) in [5.41, 5.74) is 2.13. The Kier molecular flexibility index (Phi) is 3.62. The summed E-state index contributed by atoms with van der Waals surface area (Å²) in [5, 5.41) is 9.58. The lowest BCUT2D eigenvalue weighted by atomic mass is 9.92. The van der Waals surface area contributed by atoms with Crippen molar-refractivity contribution in [1.29, 1.82) is 0 Å². The highest BCUT2D eigenvalue weighted by atomic mass is 79.9. The van der Waals surface area contributed by atoms with Gasteiger partial charge in [-0.1, -0.05) is 58.4 Å². The maximum absolute atomic E-state index is 11.7. The molecule has 0 aromatic heterocycles. The number of aliphatic carboxylic acids is 1. The Morgan fingerprint density at radius 3 is 2.55 bits per heavy atom. The van der Waals surface area contributed by atoms with Crippen molar-refractivity contribution < 1.29 is 9.90 Å². The van der Waals surface area contributed by atoms with Gasteiger partial charge in [0.2, 0.25) is 0 Å². The number of carboxylic acids is 1. The molecule has 0 aliphatic heterocycles. The molecule has 3 unspecified atom stereocenters. The Bertz CT molecular complexity index is 624. The Morgan fingerprint density at radius 2 is 1.90 bits per heavy atom. The van der Waals surface area contributed by atoms with E-state index >= 15 is 0 Å². The van der Waals surface area contributed by atoms with Crippen molar-refractivity contribution in [2.45, 2.75) is 18.3 Å². The molecule has 0 spiro atoms. The zero-order valence-electron chi connectivity index (χ0n) is 10.9. The molecule has 0 bridgehead atoms. The second kappa shape index (κ2) is 5.41. The van der Waals surface area contributed by atoms with Crippen LogP contribution in [0.1, 0.15) is 29.4 Å². The second-order valence-corrected chi connectivity index (χ2v) is 6.20. The van der Waals surface area contributed by atoms with E-state index in [0.29, 0.717) is 5.92 Å². The third-order valence-corrected chi connectivity index (χ3v) is 4.46. The topological polar surface area (TPSA) is 37.3 Å². The van der Waals surface area contributed by atoms with Crippen LogP contribution in [0.4, 0.5) is 0 Å². The first-order valence-corrected chi connectivity index (χ1v) is 7.49. The Balaban J connectivity index is 1.86. The van der Waals surface area contributed by atoms with E-state index in [-0.39, 0.29) is 5.92 Å². The average Bonchev–Trinajstić information content (AvgIpc) is 3.20. The fourth-order valence-electron chi connectivity index (χ4n) is 2.94. The highest BCUT2D eigenvalue weighted by Gasteiger charge is 2.47. The van der Waals surface area contributed by atoms with Gasteiger partial charge in [0.15, 0.2) is 0 Å². The minimum absolute atomic E-state index is 0.198. The summed E-state index contributed by atoms with van der Waals surface area (Å²) >= 11 is 3.42. The molecule has 20 heavy (non-hydrogen) atoms. The van der Waals surface area contributed by atoms with Gasteiger partial charge in [0.25, 0.3) is 0 Å². The van der Waals surface area contributed by atoms with E-state index in [1.165, 1.54) is 5.56 Å². The summed E-state index contributed by atoms with van der Waals surface area (Å²) in [7, 11) is 0. The Labute approximate surface area is 126 Å². The quantitative estimate of drug-likeness (QED) is 0.900. The van der Waals surface area contributed by atoms with E-state index in [4.69, 9.17) is 0 Å². The summed E-state index contributed by atoms with van der Waals surface area (Å²) in [6.07, 6.45) is 0.952. The van der Waals surface area contributed by atoms with Crippen LogP contribution in [0.25, 0.3) is 0 Å². The summed E-state index contributed by atoms with van der Waals surface area (Å²) < 4.78 is 0.929. The van der Waals surface area contributed by atoms with Crippen LogP contribution in [0.3, 0.4) is 0 Å². The smallest absolute Gasteiger partial charge is 0.311 e. The highest BCUT2D eigenvalue weighted by molar-refractivity contribution is 9.10. The normalized spacial score (nSPS) is 22.2. The Hall–Kier alpha value is -1.61. The van der Waals surface area contributed by atoms with E-state index in [0.717, 1.165) is 16.5 Å². The summed E-state index contributed by atoms with van der Waals surface area (Å²) in [4.78, 5) is 11.7. The number of carbonyl (C=O) groups is 1. The highest BCUT2D eigenvalue weighted by Crippen LogP contribution is 2.55. The van der Waals surface area contributed by atoms with Gasteiger partial charge in [0, 0.05) is 4.47 Å². The molecule has 102 valence electrons. The first-order chi connectivity index (χ1) is 9.66. The van der Waals surface area contributed by atoms with Gasteiger partial charge in [-0.2, -0.15) is 0 Å². The number of hydrogen-bond donors (Lipinski definition) is 1.